The Hall–Kier alpha value is -2.27. The highest BCUT2D eigenvalue weighted by Gasteiger charge is 2.18. The summed E-state index contributed by atoms with van der Waals surface area (Å²) in [5.74, 6) is -0.154. The van der Waals surface area contributed by atoms with E-state index >= 15 is 0 Å². The lowest BCUT2D eigenvalue weighted by atomic mass is 10.1. The van der Waals surface area contributed by atoms with E-state index in [1.54, 1.807) is 11.0 Å². The minimum Gasteiger partial charge on any atom is -0.387 e. The summed E-state index contributed by atoms with van der Waals surface area (Å²) in [6.07, 6.45) is 2.21. The van der Waals surface area contributed by atoms with Gasteiger partial charge >= 0.3 is 0 Å². The Bertz CT molecular complexity index is 584. The predicted octanol–water partition coefficient (Wildman–Crippen LogP) is 1.98. The molecule has 1 N–H and O–H groups in total. The molecule has 1 unspecified atom stereocenters. The number of amides is 1. The van der Waals surface area contributed by atoms with E-state index in [9.17, 15) is 9.90 Å². The maximum absolute atomic E-state index is 12.3. The molecular formula is C16H19N3O2. The zero-order valence-electron chi connectivity index (χ0n) is 12.2. The number of hydrogen-bond acceptors (Lipinski definition) is 4. The van der Waals surface area contributed by atoms with Crippen LogP contribution in [-0.4, -0.2) is 39.2 Å². The highest BCUT2D eigenvalue weighted by atomic mass is 16.3. The molecule has 0 radical (unpaired) electrons. The van der Waals surface area contributed by atoms with Crippen LogP contribution in [0.5, 0.6) is 0 Å². The average molecular weight is 285 g/mol. The molecule has 110 valence electrons. The van der Waals surface area contributed by atoms with Crippen LogP contribution in [0.25, 0.3) is 0 Å². The van der Waals surface area contributed by atoms with Crippen LogP contribution in [0.4, 0.5) is 0 Å². The molecule has 21 heavy (non-hydrogen) atoms. The molecule has 0 fully saturated rings. The Morgan fingerprint density at radius 1 is 1.24 bits per heavy atom. The summed E-state index contributed by atoms with van der Waals surface area (Å²) in [4.78, 5) is 13.9. The lowest BCUT2D eigenvalue weighted by molar-refractivity contribution is 0.0634. The van der Waals surface area contributed by atoms with Gasteiger partial charge in [-0.3, -0.25) is 4.79 Å². The molecule has 1 heterocycles. The monoisotopic (exact) mass is 285 g/mol. The molecule has 1 amide bonds. The van der Waals surface area contributed by atoms with E-state index in [4.69, 9.17) is 0 Å². The third-order valence-electron chi connectivity index (χ3n) is 3.36. The number of aromatic nitrogens is 2. The molecule has 1 atom stereocenters. The van der Waals surface area contributed by atoms with Gasteiger partial charge in [-0.2, -0.15) is 10.2 Å². The van der Waals surface area contributed by atoms with Gasteiger partial charge in [-0.1, -0.05) is 29.8 Å². The summed E-state index contributed by atoms with van der Waals surface area (Å²) in [6.45, 7) is 4.65. The Morgan fingerprint density at radius 2 is 1.95 bits per heavy atom. The number of likely N-dealkylation sites (N-methyl/N-ethyl adjacent to an activating group) is 1. The number of benzene rings is 1. The van der Waals surface area contributed by atoms with Crippen LogP contribution >= 0.6 is 0 Å². The molecule has 1 aromatic heterocycles. The lowest BCUT2D eigenvalue weighted by Crippen LogP contribution is -2.34. The van der Waals surface area contributed by atoms with Crippen molar-refractivity contribution in [2.75, 3.05) is 13.1 Å². The van der Waals surface area contributed by atoms with Crippen molar-refractivity contribution in [1.82, 2.24) is 15.1 Å². The van der Waals surface area contributed by atoms with Gasteiger partial charge in [-0.25, -0.2) is 0 Å². The van der Waals surface area contributed by atoms with E-state index in [0.29, 0.717) is 12.1 Å². The molecule has 0 aliphatic rings. The number of aliphatic hydroxyl groups is 1. The zero-order chi connectivity index (χ0) is 15.2. The predicted molar refractivity (Wildman–Crippen MR) is 79.7 cm³/mol. The molecule has 0 saturated carbocycles. The van der Waals surface area contributed by atoms with Crippen LogP contribution < -0.4 is 0 Å². The standard InChI is InChI=1S/C16H19N3O2/c1-3-19(16(21)14-8-9-17-18-10-14)11-15(20)13-6-4-12(2)5-7-13/h4-10,15,20H,3,11H2,1-2H3. The van der Waals surface area contributed by atoms with Crippen LogP contribution in [0.2, 0.25) is 0 Å². The molecule has 0 spiro atoms. The smallest absolute Gasteiger partial charge is 0.255 e. The van der Waals surface area contributed by atoms with Crippen LogP contribution in [-0.2, 0) is 0 Å². The van der Waals surface area contributed by atoms with Gasteiger partial charge in [0, 0.05) is 6.54 Å². The second kappa shape index (κ2) is 6.95. The first kappa shape index (κ1) is 15.1. The summed E-state index contributed by atoms with van der Waals surface area (Å²) in [6, 6.07) is 9.28. The van der Waals surface area contributed by atoms with Gasteiger partial charge in [0.25, 0.3) is 5.91 Å². The van der Waals surface area contributed by atoms with Crippen LogP contribution in [0, 0.1) is 6.92 Å². The van der Waals surface area contributed by atoms with Crippen molar-refractivity contribution in [3.8, 4) is 0 Å². The van der Waals surface area contributed by atoms with Gasteiger partial charge in [0.1, 0.15) is 0 Å². The third-order valence-corrected chi connectivity index (χ3v) is 3.36. The molecule has 1 aromatic carbocycles. The Balaban J connectivity index is 2.08. The van der Waals surface area contributed by atoms with Gasteiger partial charge in [0.05, 0.1) is 30.6 Å². The van der Waals surface area contributed by atoms with Crippen molar-refractivity contribution in [2.24, 2.45) is 0 Å². The zero-order valence-corrected chi connectivity index (χ0v) is 12.2. The Labute approximate surface area is 124 Å². The maximum Gasteiger partial charge on any atom is 0.255 e. The van der Waals surface area contributed by atoms with E-state index in [1.807, 2.05) is 38.1 Å². The summed E-state index contributed by atoms with van der Waals surface area (Å²) >= 11 is 0. The van der Waals surface area contributed by atoms with Crippen LogP contribution in [0.1, 0.15) is 34.5 Å². The first-order valence-corrected chi connectivity index (χ1v) is 6.92. The fourth-order valence-electron chi connectivity index (χ4n) is 2.06. The SMILES string of the molecule is CCN(CC(O)c1ccc(C)cc1)C(=O)c1ccnnc1. The van der Waals surface area contributed by atoms with Crippen molar-refractivity contribution in [3.63, 3.8) is 0 Å². The third kappa shape index (κ3) is 3.86. The fraction of sp³-hybridized carbons (Fsp3) is 0.312. The molecule has 2 rings (SSSR count). The largest absolute Gasteiger partial charge is 0.387 e. The number of aryl methyl sites for hydroxylation is 1. The number of rotatable bonds is 5. The molecular weight excluding hydrogens is 266 g/mol. The average Bonchev–Trinajstić information content (AvgIpc) is 2.53. The van der Waals surface area contributed by atoms with Gasteiger partial charge in [0.2, 0.25) is 0 Å². The normalized spacial score (nSPS) is 12.0. The summed E-state index contributed by atoms with van der Waals surface area (Å²) < 4.78 is 0. The molecule has 0 aliphatic carbocycles. The summed E-state index contributed by atoms with van der Waals surface area (Å²) in [5.41, 5.74) is 2.42. The highest BCUT2D eigenvalue weighted by Crippen LogP contribution is 2.16. The minimum absolute atomic E-state index is 0.154. The Kier molecular flexibility index (Phi) is 5.00. The van der Waals surface area contributed by atoms with E-state index in [0.717, 1.165) is 11.1 Å². The van der Waals surface area contributed by atoms with Gasteiger partial charge in [0.15, 0.2) is 0 Å². The number of carbonyl (C=O) groups excluding carboxylic acids is 1. The minimum atomic E-state index is -0.704. The fourth-order valence-corrected chi connectivity index (χ4v) is 2.06. The van der Waals surface area contributed by atoms with Crippen molar-refractivity contribution in [2.45, 2.75) is 20.0 Å². The molecule has 0 bridgehead atoms. The van der Waals surface area contributed by atoms with Crippen LogP contribution in [0.3, 0.4) is 0 Å². The number of hydrogen-bond donors (Lipinski definition) is 1. The van der Waals surface area contributed by atoms with Gasteiger partial charge in [-0.15, -0.1) is 0 Å². The number of carbonyl (C=O) groups is 1. The van der Waals surface area contributed by atoms with E-state index in [-0.39, 0.29) is 12.5 Å². The Morgan fingerprint density at radius 3 is 2.52 bits per heavy atom. The van der Waals surface area contributed by atoms with Crippen molar-refractivity contribution in [1.29, 1.82) is 0 Å². The first-order valence-electron chi connectivity index (χ1n) is 6.92. The number of nitrogens with zero attached hydrogens (tertiary/aromatic N) is 3. The van der Waals surface area contributed by atoms with Crippen molar-refractivity contribution in [3.05, 3.63) is 59.4 Å². The van der Waals surface area contributed by atoms with Gasteiger partial charge < -0.3 is 10.0 Å². The van der Waals surface area contributed by atoms with E-state index < -0.39 is 6.10 Å². The summed E-state index contributed by atoms with van der Waals surface area (Å²) in [7, 11) is 0. The number of aliphatic hydroxyl groups excluding tert-OH is 1. The molecule has 2 aromatic rings. The second-order valence-electron chi connectivity index (χ2n) is 4.90. The molecule has 0 aliphatic heterocycles. The first-order chi connectivity index (χ1) is 10.1. The van der Waals surface area contributed by atoms with Gasteiger partial charge in [-0.05, 0) is 25.5 Å². The molecule has 5 nitrogen and oxygen atoms in total. The molecule has 0 saturated heterocycles. The van der Waals surface area contributed by atoms with Crippen molar-refractivity contribution < 1.29 is 9.90 Å². The second-order valence-corrected chi connectivity index (χ2v) is 4.90. The maximum atomic E-state index is 12.3. The molecule has 5 heteroatoms. The quantitative estimate of drug-likeness (QED) is 0.912. The van der Waals surface area contributed by atoms with E-state index in [1.165, 1.54) is 12.4 Å². The topological polar surface area (TPSA) is 66.3 Å². The van der Waals surface area contributed by atoms with E-state index in [2.05, 4.69) is 10.2 Å². The lowest BCUT2D eigenvalue weighted by Gasteiger charge is -2.24. The summed E-state index contributed by atoms with van der Waals surface area (Å²) in [5, 5.41) is 17.7. The van der Waals surface area contributed by atoms with Crippen molar-refractivity contribution >= 4 is 5.91 Å². The van der Waals surface area contributed by atoms with Crippen LogP contribution in [0.15, 0.2) is 42.7 Å². The highest BCUT2D eigenvalue weighted by molar-refractivity contribution is 5.93.